The lowest BCUT2D eigenvalue weighted by atomic mass is 10.1. The molecule has 1 aromatic heterocycles. The van der Waals surface area contributed by atoms with Gasteiger partial charge in [-0.3, -0.25) is 4.79 Å². The third-order valence-corrected chi connectivity index (χ3v) is 4.96. The van der Waals surface area contributed by atoms with Crippen molar-refractivity contribution in [1.82, 2.24) is 0 Å². The Kier molecular flexibility index (Phi) is 5.58. The number of para-hydroxylation sites is 2. The summed E-state index contributed by atoms with van der Waals surface area (Å²) in [5.41, 5.74) is 3.95. The van der Waals surface area contributed by atoms with Gasteiger partial charge in [0, 0.05) is 11.3 Å². The van der Waals surface area contributed by atoms with E-state index >= 15 is 0 Å². The maximum atomic E-state index is 12.5. The predicted octanol–water partition coefficient (Wildman–Crippen LogP) is 5.20. The van der Waals surface area contributed by atoms with Crippen LogP contribution >= 0.6 is 11.3 Å². The van der Waals surface area contributed by atoms with Gasteiger partial charge in [-0.1, -0.05) is 24.3 Å². The molecular weight excluding hydrogens is 346 g/mol. The van der Waals surface area contributed by atoms with Crippen LogP contribution in [-0.4, -0.2) is 13.0 Å². The van der Waals surface area contributed by atoms with Gasteiger partial charge in [-0.25, -0.2) is 0 Å². The van der Waals surface area contributed by atoms with Gasteiger partial charge < -0.3 is 14.8 Å². The summed E-state index contributed by atoms with van der Waals surface area (Å²) in [6.07, 6.45) is 0. The Balaban J connectivity index is 1.65. The number of aryl methyl sites for hydroxylation is 2. The van der Waals surface area contributed by atoms with Gasteiger partial charge >= 0.3 is 0 Å². The summed E-state index contributed by atoms with van der Waals surface area (Å²) in [4.78, 5) is 13.2. The van der Waals surface area contributed by atoms with Crippen molar-refractivity contribution in [2.45, 2.75) is 20.5 Å². The molecule has 0 unspecified atom stereocenters. The number of hydrogen-bond acceptors (Lipinski definition) is 4. The molecule has 0 aliphatic rings. The molecule has 3 rings (SSSR count). The molecule has 2 aromatic carbocycles. The summed E-state index contributed by atoms with van der Waals surface area (Å²) in [6.45, 7) is 4.37. The summed E-state index contributed by atoms with van der Waals surface area (Å²) >= 11 is 1.41. The number of amides is 1. The molecule has 1 amide bonds. The van der Waals surface area contributed by atoms with E-state index in [0.717, 1.165) is 22.4 Å². The molecule has 1 heterocycles. The monoisotopic (exact) mass is 367 g/mol. The van der Waals surface area contributed by atoms with E-state index < -0.39 is 0 Å². The highest BCUT2D eigenvalue weighted by Crippen LogP contribution is 2.27. The molecule has 0 aliphatic carbocycles. The van der Waals surface area contributed by atoms with Crippen LogP contribution in [0.1, 0.15) is 26.4 Å². The Hall–Kier alpha value is -2.79. The van der Waals surface area contributed by atoms with Crippen molar-refractivity contribution in [1.29, 1.82) is 0 Å². The number of carbonyl (C=O) groups is 1. The molecule has 1 N–H and O–H groups in total. The highest BCUT2D eigenvalue weighted by Gasteiger charge is 2.12. The van der Waals surface area contributed by atoms with E-state index in [4.69, 9.17) is 9.47 Å². The van der Waals surface area contributed by atoms with E-state index in [1.165, 1.54) is 11.3 Å². The van der Waals surface area contributed by atoms with Crippen LogP contribution in [0.5, 0.6) is 11.5 Å². The summed E-state index contributed by atoms with van der Waals surface area (Å²) in [6, 6.07) is 15.4. The number of methoxy groups -OCH3 is 1. The Labute approximate surface area is 157 Å². The van der Waals surface area contributed by atoms with Gasteiger partial charge in [0.15, 0.2) is 11.5 Å². The van der Waals surface area contributed by atoms with Gasteiger partial charge in [0.2, 0.25) is 0 Å². The van der Waals surface area contributed by atoms with Crippen molar-refractivity contribution in [2.75, 3.05) is 12.4 Å². The number of benzene rings is 2. The fourth-order valence-electron chi connectivity index (χ4n) is 2.52. The van der Waals surface area contributed by atoms with Crippen molar-refractivity contribution in [3.63, 3.8) is 0 Å². The molecular formula is C21H21NO3S. The standard InChI is InChI=1S/C21H21NO3S/c1-14-8-9-15(2)17(10-14)22-21(23)20-11-16(13-26-20)12-25-19-7-5-4-6-18(19)24-3/h4-11,13H,12H2,1-3H3,(H,22,23). The molecule has 0 atom stereocenters. The van der Waals surface area contributed by atoms with Crippen LogP contribution < -0.4 is 14.8 Å². The van der Waals surface area contributed by atoms with Crippen molar-refractivity contribution >= 4 is 22.9 Å². The smallest absolute Gasteiger partial charge is 0.265 e. The average molecular weight is 367 g/mol. The quantitative estimate of drug-likeness (QED) is 0.651. The maximum absolute atomic E-state index is 12.5. The molecule has 4 nitrogen and oxygen atoms in total. The van der Waals surface area contributed by atoms with Gasteiger partial charge in [-0.05, 0) is 54.6 Å². The number of ether oxygens (including phenoxy) is 2. The highest BCUT2D eigenvalue weighted by atomic mass is 32.1. The van der Waals surface area contributed by atoms with Gasteiger partial charge in [-0.15, -0.1) is 11.3 Å². The van der Waals surface area contributed by atoms with Crippen molar-refractivity contribution in [2.24, 2.45) is 0 Å². The minimum absolute atomic E-state index is 0.104. The lowest BCUT2D eigenvalue weighted by Gasteiger charge is -2.09. The molecule has 134 valence electrons. The zero-order valence-corrected chi connectivity index (χ0v) is 15.9. The molecule has 0 saturated carbocycles. The van der Waals surface area contributed by atoms with E-state index in [9.17, 15) is 4.79 Å². The molecule has 0 spiro atoms. The Morgan fingerprint density at radius 3 is 2.62 bits per heavy atom. The SMILES string of the molecule is COc1ccccc1OCc1csc(C(=O)Nc2cc(C)ccc2C)c1. The van der Waals surface area contributed by atoms with Crippen LogP contribution in [0.2, 0.25) is 0 Å². The molecule has 26 heavy (non-hydrogen) atoms. The van der Waals surface area contributed by atoms with E-state index in [-0.39, 0.29) is 5.91 Å². The largest absolute Gasteiger partial charge is 0.493 e. The summed E-state index contributed by atoms with van der Waals surface area (Å²) in [5.74, 6) is 1.27. The van der Waals surface area contributed by atoms with E-state index in [1.807, 2.05) is 67.8 Å². The molecule has 5 heteroatoms. The first-order valence-electron chi connectivity index (χ1n) is 8.28. The third-order valence-electron chi connectivity index (χ3n) is 3.98. The van der Waals surface area contributed by atoms with Gasteiger partial charge in [0.25, 0.3) is 5.91 Å². The summed E-state index contributed by atoms with van der Waals surface area (Å²) < 4.78 is 11.1. The second-order valence-corrected chi connectivity index (χ2v) is 6.94. The first kappa shape index (κ1) is 18.0. The Bertz CT molecular complexity index is 917. The average Bonchev–Trinajstić information content (AvgIpc) is 3.12. The van der Waals surface area contributed by atoms with Crippen LogP contribution in [-0.2, 0) is 6.61 Å². The molecule has 0 fully saturated rings. The molecule has 0 saturated heterocycles. The molecule has 0 bridgehead atoms. The fraction of sp³-hybridized carbons (Fsp3) is 0.190. The number of nitrogens with one attached hydrogen (secondary N) is 1. The van der Waals surface area contributed by atoms with Gasteiger partial charge in [0.05, 0.1) is 12.0 Å². The van der Waals surface area contributed by atoms with E-state index in [1.54, 1.807) is 7.11 Å². The van der Waals surface area contributed by atoms with Crippen LogP contribution in [0.15, 0.2) is 53.9 Å². The van der Waals surface area contributed by atoms with E-state index in [2.05, 4.69) is 5.32 Å². The summed E-state index contributed by atoms with van der Waals surface area (Å²) in [5, 5.41) is 4.92. The van der Waals surface area contributed by atoms with Crippen molar-refractivity contribution < 1.29 is 14.3 Å². The highest BCUT2D eigenvalue weighted by molar-refractivity contribution is 7.12. The van der Waals surface area contributed by atoms with Gasteiger partial charge in [-0.2, -0.15) is 0 Å². The lowest BCUT2D eigenvalue weighted by Crippen LogP contribution is -2.11. The fourth-order valence-corrected chi connectivity index (χ4v) is 3.32. The minimum Gasteiger partial charge on any atom is -0.493 e. The number of rotatable bonds is 6. The predicted molar refractivity (Wildman–Crippen MR) is 106 cm³/mol. The Morgan fingerprint density at radius 1 is 1.08 bits per heavy atom. The number of hydrogen-bond donors (Lipinski definition) is 1. The maximum Gasteiger partial charge on any atom is 0.265 e. The number of carbonyl (C=O) groups excluding carboxylic acids is 1. The first-order chi connectivity index (χ1) is 12.6. The van der Waals surface area contributed by atoms with Crippen LogP contribution in [0.4, 0.5) is 5.69 Å². The minimum atomic E-state index is -0.104. The normalized spacial score (nSPS) is 10.4. The second-order valence-electron chi connectivity index (χ2n) is 6.03. The molecule has 0 radical (unpaired) electrons. The number of thiophene rings is 1. The van der Waals surface area contributed by atoms with Crippen molar-refractivity contribution in [3.8, 4) is 11.5 Å². The third kappa shape index (κ3) is 4.24. The first-order valence-corrected chi connectivity index (χ1v) is 9.16. The summed E-state index contributed by atoms with van der Waals surface area (Å²) in [7, 11) is 1.61. The second kappa shape index (κ2) is 8.06. The zero-order chi connectivity index (χ0) is 18.5. The molecule has 0 aliphatic heterocycles. The lowest BCUT2D eigenvalue weighted by molar-refractivity contribution is 0.103. The van der Waals surface area contributed by atoms with E-state index in [0.29, 0.717) is 23.0 Å². The van der Waals surface area contributed by atoms with Crippen LogP contribution in [0.25, 0.3) is 0 Å². The van der Waals surface area contributed by atoms with Gasteiger partial charge in [0.1, 0.15) is 6.61 Å². The van der Waals surface area contributed by atoms with Crippen molar-refractivity contribution in [3.05, 3.63) is 75.5 Å². The van der Waals surface area contributed by atoms with Crippen LogP contribution in [0, 0.1) is 13.8 Å². The Morgan fingerprint density at radius 2 is 1.85 bits per heavy atom. The molecule has 3 aromatic rings. The topological polar surface area (TPSA) is 47.6 Å². The zero-order valence-electron chi connectivity index (χ0n) is 15.0. The number of anilines is 1. The van der Waals surface area contributed by atoms with Crippen LogP contribution in [0.3, 0.4) is 0 Å².